The first-order valence-electron chi connectivity index (χ1n) is 18.9. The molecule has 2 aromatic carbocycles. The number of benzene rings is 2. The first-order valence-corrected chi connectivity index (χ1v) is 23.7. The van der Waals surface area contributed by atoms with Gasteiger partial charge in [-0.15, -0.1) is 0 Å². The van der Waals surface area contributed by atoms with Crippen molar-refractivity contribution in [2.75, 3.05) is 23.9 Å². The molecule has 0 aliphatic heterocycles. The van der Waals surface area contributed by atoms with E-state index in [0.29, 0.717) is 47.3 Å². The molecule has 14 nitrogen and oxygen atoms in total. The quantitative estimate of drug-likeness (QED) is 0.191. The van der Waals surface area contributed by atoms with Crippen LogP contribution in [0.15, 0.2) is 81.2 Å². The highest BCUT2D eigenvalue weighted by Crippen LogP contribution is 2.36. The maximum Gasteiger partial charge on any atom is 0.249 e. The van der Waals surface area contributed by atoms with Gasteiger partial charge in [0, 0.05) is 48.4 Å². The van der Waals surface area contributed by atoms with Crippen LogP contribution in [0.4, 0.5) is 10.3 Å². The fraction of sp³-hybridized carbons (Fsp3) is 0.286. The van der Waals surface area contributed by atoms with Gasteiger partial charge < -0.3 is 0 Å². The van der Waals surface area contributed by atoms with Crippen LogP contribution in [0, 0.1) is 39.5 Å². The van der Waals surface area contributed by atoms with Crippen LogP contribution in [0.25, 0.3) is 22.5 Å². The van der Waals surface area contributed by atoms with E-state index in [0.717, 1.165) is 78.8 Å². The molecule has 0 spiro atoms. The maximum atomic E-state index is 13.1. The van der Waals surface area contributed by atoms with Crippen molar-refractivity contribution in [3.63, 3.8) is 0 Å². The van der Waals surface area contributed by atoms with Gasteiger partial charge in [-0.25, -0.2) is 37.1 Å². The molecule has 2 atom stereocenters. The summed E-state index contributed by atoms with van der Waals surface area (Å²) in [6.07, 6.45) is 2.55. The van der Waals surface area contributed by atoms with E-state index in [4.69, 9.17) is 10.3 Å². The molecular weight excluding hydrogens is 841 g/mol. The smallest absolute Gasteiger partial charge is 0.249 e. The predicted molar refractivity (Wildman–Crippen MR) is 234 cm³/mol. The van der Waals surface area contributed by atoms with Gasteiger partial charge >= 0.3 is 0 Å². The number of carbonyl (C=O) groups excluding carboxylic acids is 2. The molecule has 2 aliphatic rings. The Morgan fingerprint density at radius 1 is 0.567 bits per heavy atom. The molecule has 0 unspecified atom stereocenters. The van der Waals surface area contributed by atoms with Gasteiger partial charge in [-0.2, -0.15) is 0 Å². The zero-order chi connectivity index (χ0) is 43.3. The lowest BCUT2D eigenvalue weighted by Gasteiger charge is -2.18. The van der Waals surface area contributed by atoms with Crippen LogP contribution in [-0.4, -0.2) is 62.7 Å². The third-order valence-electron chi connectivity index (χ3n) is 10.6. The summed E-state index contributed by atoms with van der Waals surface area (Å²) in [5.74, 6) is -0.604. The molecule has 4 heterocycles. The van der Waals surface area contributed by atoms with Gasteiger partial charge in [0.05, 0.1) is 22.8 Å². The summed E-state index contributed by atoms with van der Waals surface area (Å²) in [6, 6.07) is 24.3. The first-order chi connectivity index (χ1) is 28.3. The zero-order valence-electron chi connectivity index (χ0n) is 33.8. The summed E-state index contributed by atoms with van der Waals surface area (Å²) in [7, 11) is -4.47. The molecule has 4 aromatic heterocycles. The minimum Gasteiger partial charge on any atom is -0.291 e. The largest absolute Gasteiger partial charge is 0.291 e. The van der Waals surface area contributed by atoms with Crippen LogP contribution in [0.1, 0.15) is 45.0 Å². The second kappa shape index (κ2) is 16.7. The molecule has 18 heteroatoms. The second-order valence-corrected chi connectivity index (χ2v) is 20.6. The highest BCUT2D eigenvalue weighted by atomic mass is 32.3. The van der Waals surface area contributed by atoms with Crippen LogP contribution in [-0.2, 0) is 55.3 Å². The Kier molecular flexibility index (Phi) is 11.9. The summed E-state index contributed by atoms with van der Waals surface area (Å²) in [6.45, 7) is 7.07. The summed E-state index contributed by atoms with van der Waals surface area (Å²) < 4.78 is 46.7. The van der Waals surface area contributed by atoms with Crippen LogP contribution >= 0.6 is 22.7 Å². The number of rotatable bonds is 8. The number of amides is 2. The van der Waals surface area contributed by atoms with Gasteiger partial charge in [0.1, 0.15) is 0 Å². The number of anilines is 2. The summed E-state index contributed by atoms with van der Waals surface area (Å²) in [5, 5.41) is 11.1. The summed E-state index contributed by atoms with van der Waals surface area (Å²) in [4.78, 5) is 46.7. The number of nitrogens with zero attached hydrogens (tertiary/aromatic N) is 6. The van der Waals surface area contributed by atoms with Crippen molar-refractivity contribution >= 4 is 64.8 Å². The second-order valence-electron chi connectivity index (χ2n) is 15.1. The number of hydrogen-bond acceptors (Lipinski definition) is 12. The highest BCUT2D eigenvalue weighted by Gasteiger charge is 2.34. The number of primary sulfonamides is 2. The van der Waals surface area contributed by atoms with Crippen molar-refractivity contribution in [3.8, 4) is 22.5 Å². The van der Waals surface area contributed by atoms with E-state index >= 15 is 0 Å². The van der Waals surface area contributed by atoms with Gasteiger partial charge in [0.15, 0.2) is 18.7 Å². The molecule has 2 aliphatic carbocycles. The molecule has 312 valence electrons. The van der Waals surface area contributed by atoms with Gasteiger partial charge in [0.25, 0.3) is 0 Å². The molecule has 4 N–H and O–H groups in total. The summed E-state index contributed by atoms with van der Waals surface area (Å²) in [5.41, 5.74) is 11.0. The minimum atomic E-state index is -3.86. The van der Waals surface area contributed by atoms with Crippen molar-refractivity contribution in [2.24, 2.45) is 22.1 Å². The van der Waals surface area contributed by atoms with Crippen molar-refractivity contribution < 1.29 is 26.4 Å². The number of sulfonamides is 2. The first kappa shape index (κ1) is 42.9. The molecule has 0 radical (unpaired) electrons. The van der Waals surface area contributed by atoms with Crippen molar-refractivity contribution in [1.29, 1.82) is 0 Å². The number of pyridine rings is 2. The normalized spacial score (nSPS) is 15.8. The fourth-order valence-corrected chi connectivity index (χ4v) is 11.4. The number of carbonyl (C=O) groups is 2. The van der Waals surface area contributed by atoms with Gasteiger partial charge in [-0.1, -0.05) is 59.1 Å². The van der Waals surface area contributed by atoms with Gasteiger partial charge in [-0.05, 0) is 112 Å². The van der Waals surface area contributed by atoms with E-state index in [1.54, 1.807) is 27.9 Å². The van der Waals surface area contributed by atoms with E-state index in [1.807, 2.05) is 62.4 Å². The van der Waals surface area contributed by atoms with Crippen LogP contribution < -0.4 is 20.1 Å². The lowest BCUT2D eigenvalue weighted by molar-refractivity contribution is -0.122. The van der Waals surface area contributed by atoms with E-state index in [2.05, 4.69) is 44.2 Å². The van der Waals surface area contributed by atoms with Gasteiger partial charge in [-0.3, -0.25) is 29.4 Å². The van der Waals surface area contributed by atoms with E-state index in [1.165, 1.54) is 9.80 Å². The Morgan fingerprint density at radius 3 is 1.27 bits per heavy atom. The topological polar surface area (TPSA) is 212 Å². The highest BCUT2D eigenvalue weighted by molar-refractivity contribution is 7.91. The van der Waals surface area contributed by atoms with Gasteiger partial charge in [0.2, 0.25) is 31.9 Å². The number of aromatic nitrogens is 4. The Hall–Kier alpha value is -5.24. The average molecular weight is 885 g/mol. The molecule has 8 rings (SSSR count). The average Bonchev–Trinajstić information content (AvgIpc) is 4.00. The Balaban J connectivity index is 0.000000181. The SMILES string of the molecule is Cc1cccc(-c2ccc3c(c2)C[C@@H](C(=O)N(C)c2nc(C)c(S(N)(=O)=O)s2)C3)n1.Cc1cccc(-c2ccc3c(c2)C[C@H](C(=O)N(C)c2nc(C)c(S(N)(=O)=O)s2)C3)n1. The lowest BCUT2D eigenvalue weighted by Crippen LogP contribution is -2.33. The summed E-state index contributed by atoms with van der Waals surface area (Å²) >= 11 is 1.84. The monoisotopic (exact) mass is 884 g/mol. The molecule has 0 bridgehead atoms. The Morgan fingerprint density at radius 2 is 0.933 bits per heavy atom. The standard InChI is InChI=1S/2C21H22N4O3S2/c2*1-12-5-4-6-18(23-12)15-8-7-14-9-17(11-16(14)10-15)19(26)25(3)21-24-13(2)20(29-21)30(22,27)28/h2*4-8,10,17H,9,11H2,1-3H3,(H2,22,27,28)/t2*17-/m10/s1. The molecule has 0 saturated carbocycles. The van der Waals surface area contributed by atoms with Crippen molar-refractivity contribution in [3.05, 3.63) is 118 Å². The lowest BCUT2D eigenvalue weighted by atomic mass is 10.0. The van der Waals surface area contributed by atoms with E-state index in [-0.39, 0.29) is 32.1 Å². The van der Waals surface area contributed by atoms with Crippen molar-refractivity contribution in [1.82, 2.24) is 19.9 Å². The number of aryl methyl sites for hydroxylation is 4. The molecule has 6 aromatic rings. The zero-order valence-corrected chi connectivity index (χ0v) is 37.1. The predicted octanol–water partition coefficient (Wildman–Crippen LogP) is 5.69. The third kappa shape index (κ3) is 9.08. The van der Waals surface area contributed by atoms with E-state index in [9.17, 15) is 26.4 Å². The molecule has 0 saturated heterocycles. The maximum absolute atomic E-state index is 13.1. The third-order valence-corrected chi connectivity index (χ3v) is 16.2. The number of hydrogen-bond donors (Lipinski definition) is 2. The Labute approximate surface area is 357 Å². The molecule has 2 amide bonds. The van der Waals surface area contributed by atoms with Crippen molar-refractivity contribution in [2.45, 2.75) is 61.8 Å². The molecule has 0 fully saturated rings. The number of thiazole rings is 2. The molecule has 60 heavy (non-hydrogen) atoms. The number of fused-ring (bicyclic) bond motifs is 2. The van der Waals surface area contributed by atoms with E-state index < -0.39 is 20.0 Å². The van der Waals surface area contributed by atoms with Crippen LogP contribution in [0.2, 0.25) is 0 Å². The molecular formula is C42H44N8O6S4. The number of nitrogens with two attached hydrogens (primary N) is 2. The van der Waals surface area contributed by atoms with Crippen LogP contribution in [0.3, 0.4) is 0 Å². The fourth-order valence-electron chi connectivity index (χ4n) is 7.60. The Bertz CT molecular complexity index is 2700. The minimum absolute atomic E-state index is 0.0119. The van der Waals surface area contributed by atoms with Crippen LogP contribution in [0.5, 0.6) is 0 Å².